The summed E-state index contributed by atoms with van der Waals surface area (Å²) in [5, 5.41) is 22.2. The molecule has 0 radical (unpaired) electrons. The fraction of sp³-hybridized carbons (Fsp3) is 0.441. The summed E-state index contributed by atoms with van der Waals surface area (Å²) in [4.78, 5) is 38.9. The van der Waals surface area contributed by atoms with Crippen molar-refractivity contribution in [3.8, 4) is 0 Å². The van der Waals surface area contributed by atoms with Crippen LogP contribution in [0.3, 0.4) is 0 Å². The van der Waals surface area contributed by atoms with Crippen LogP contribution in [0.5, 0.6) is 0 Å². The van der Waals surface area contributed by atoms with E-state index in [1.807, 2.05) is 19.1 Å². The molecule has 0 bridgehead atoms. The van der Waals surface area contributed by atoms with Gasteiger partial charge in [0.1, 0.15) is 12.7 Å². The Balaban J connectivity index is 1.54. The molecule has 3 aliphatic rings. The highest BCUT2D eigenvalue weighted by atomic mass is 16.6. The molecule has 5 rings (SSSR count). The van der Waals surface area contributed by atoms with Crippen molar-refractivity contribution in [2.45, 2.75) is 65.1 Å². The van der Waals surface area contributed by atoms with Crippen molar-refractivity contribution in [3.05, 3.63) is 94.6 Å². The summed E-state index contributed by atoms with van der Waals surface area (Å²) in [5.74, 6) is -2.06. The van der Waals surface area contributed by atoms with E-state index in [0.717, 1.165) is 11.1 Å². The number of carboxylic acids is 1. The van der Waals surface area contributed by atoms with Crippen molar-refractivity contribution in [2.24, 2.45) is 22.7 Å². The van der Waals surface area contributed by atoms with E-state index in [1.54, 1.807) is 54.6 Å². The first-order valence-electron chi connectivity index (χ1n) is 14.4. The number of aliphatic hydroxyl groups excluding tert-OH is 1. The summed E-state index contributed by atoms with van der Waals surface area (Å²) in [7, 11) is 0. The molecule has 0 saturated heterocycles. The molecule has 1 saturated carbocycles. The number of fused-ring (bicyclic) bond motifs is 3. The summed E-state index contributed by atoms with van der Waals surface area (Å²) in [6, 6.07) is 17.3. The van der Waals surface area contributed by atoms with Crippen molar-refractivity contribution in [3.63, 3.8) is 0 Å². The Morgan fingerprint density at radius 3 is 2.12 bits per heavy atom. The molecule has 5 atom stereocenters. The molecule has 3 aliphatic carbocycles. The number of allylic oxidation sites excluding steroid dienone is 1. The average molecular weight is 559 g/mol. The number of ether oxygens (including phenoxy) is 2. The minimum absolute atomic E-state index is 0.151. The molecule has 2 aromatic rings. The number of hydrogen-bond donors (Lipinski definition) is 2. The predicted octanol–water partition coefficient (Wildman–Crippen LogP) is 5.99. The number of hydrogen-bond acceptors (Lipinski definition) is 6. The third-order valence-electron chi connectivity index (χ3n) is 9.57. The Bertz CT molecular complexity index is 1380. The van der Waals surface area contributed by atoms with Gasteiger partial charge in [-0.2, -0.15) is 0 Å². The van der Waals surface area contributed by atoms with Gasteiger partial charge >= 0.3 is 17.9 Å². The fourth-order valence-electron chi connectivity index (χ4n) is 7.11. The Morgan fingerprint density at radius 1 is 0.927 bits per heavy atom. The van der Waals surface area contributed by atoms with Gasteiger partial charge in [0, 0.05) is 11.0 Å². The van der Waals surface area contributed by atoms with E-state index < -0.39 is 40.9 Å². The highest BCUT2D eigenvalue weighted by Gasteiger charge is 2.60. The van der Waals surface area contributed by atoms with E-state index in [1.165, 1.54) is 0 Å². The van der Waals surface area contributed by atoms with E-state index in [9.17, 15) is 24.6 Å². The maximum atomic E-state index is 13.3. The lowest BCUT2D eigenvalue weighted by Gasteiger charge is -2.51. The molecular weight excluding hydrogens is 520 g/mol. The van der Waals surface area contributed by atoms with Crippen LogP contribution in [0.1, 0.15) is 73.6 Å². The topological polar surface area (TPSA) is 110 Å². The maximum Gasteiger partial charge on any atom is 0.338 e. The van der Waals surface area contributed by atoms with Gasteiger partial charge < -0.3 is 19.7 Å². The molecule has 216 valence electrons. The third-order valence-corrected chi connectivity index (χ3v) is 9.57. The number of carbonyl (C=O) groups excluding carboxylic acids is 2. The molecule has 0 aliphatic heterocycles. The standard InChI is InChI=1S/C34H38O7/c1-21(2)25-14-15-34(32(38)39)17-16-33(3)26(29(25)34)19-27(41-31(37)23-12-8-5-9-13-23)24(18-28(33)35)20-40-30(36)22-10-6-4-7-11-22/h4-13,18,21,26-28,35H,14-17,19-20H2,1-3H3,(H,38,39)/t26-,27-,28-,33+,34-/m0/s1. The number of aliphatic carboxylic acids is 1. The molecule has 7 nitrogen and oxygen atoms in total. The number of rotatable bonds is 7. The first-order chi connectivity index (χ1) is 19.6. The van der Waals surface area contributed by atoms with Gasteiger partial charge in [-0.3, -0.25) is 4.79 Å². The van der Waals surface area contributed by atoms with Crippen molar-refractivity contribution >= 4 is 17.9 Å². The summed E-state index contributed by atoms with van der Waals surface area (Å²) >= 11 is 0. The highest BCUT2D eigenvalue weighted by Crippen LogP contribution is 2.63. The third kappa shape index (κ3) is 5.23. The average Bonchev–Trinajstić information content (AvgIpc) is 3.34. The first kappa shape index (κ1) is 28.8. The van der Waals surface area contributed by atoms with Crippen LogP contribution in [0.25, 0.3) is 0 Å². The van der Waals surface area contributed by atoms with Gasteiger partial charge in [0.25, 0.3) is 0 Å². The molecular formula is C34H38O7. The molecule has 0 unspecified atom stereocenters. The molecule has 1 fully saturated rings. The second kappa shape index (κ2) is 11.3. The van der Waals surface area contributed by atoms with E-state index in [-0.39, 0.29) is 18.4 Å². The maximum absolute atomic E-state index is 13.3. The number of aliphatic hydroxyl groups is 1. The summed E-state index contributed by atoms with van der Waals surface area (Å²) in [5.41, 5.74) is 1.62. The number of benzene rings is 2. The highest BCUT2D eigenvalue weighted by molar-refractivity contribution is 5.90. The zero-order valence-corrected chi connectivity index (χ0v) is 23.8. The van der Waals surface area contributed by atoms with Crippen LogP contribution >= 0.6 is 0 Å². The van der Waals surface area contributed by atoms with Crippen LogP contribution in [0.2, 0.25) is 0 Å². The largest absolute Gasteiger partial charge is 0.481 e. The molecule has 0 heterocycles. The summed E-state index contributed by atoms with van der Waals surface area (Å²) < 4.78 is 11.8. The second-order valence-electron chi connectivity index (χ2n) is 12.2. The molecule has 0 amide bonds. The van der Waals surface area contributed by atoms with Gasteiger partial charge in [0.15, 0.2) is 0 Å². The van der Waals surface area contributed by atoms with Gasteiger partial charge in [0.05, 0.1) is 22.6 Å². The van der Waals surface area contributed by atoms with Crippen LogP contribution in [0, 0.1) is 22.7 Å². The van der Waals surface area contributed by atoms with E-state index in [4.69, 9.17) is 9.47 Å². The lowest BCUT2D eigenvalue weighted by molar-refractivity contribution is -0.150. The SMILES string of the molecule is CC(C)C1=C2[C@@H]3C[C@H](OC(=O)c4ccccc4)C(COC(=O)c4ccccc4)=C[C@H](O)[C@]3(C)CC[C@@]2(C(=O)O)CC1. The lowest BCUT2D eigenvalue weighted by Crippen LogP contribution is -2.50. The fourth-order valence-corrected chi connectivity index (χ4v) is 7.11. The number of carbonyl (C=O) groups is 3. The Labute approximate surface area is 240 Å². The van der Waals surface area contributed by atoms with Crippen molar-refractivity contribution < 1.29 is 34.1 Å². The number of carboxylic acid groups (broad SMARTS) is 1. The van der Waals surface area contributed by atoms with Gasteiger partial charge in [-0.25, -0.2) is 9.59 Å². The van der Waals surface area contributed by atoms with Crippen molar-refractivity contribution in [1.29, 1.82) is 0 Å². The zero-order chi connectivity index (χ0) is 29.4. The first-order valence-corrected chi connectivity index (χ1v) is 14.4. The van der Waals surface area contributed by atoms with Crippen LogP contribution < -0.4 is 0 Å². The van der Waals surface area contributed by atoms with E-state index in [0.29, 0.717) is 48.8 Å². The van der Waals surface area contributed by atoms with Gasteiger partial charge in [-0.15, -0.1) is 0 Å². The monoisotopic (exact) mass is 558 g/mol. The minimum Gasteiger partial charge on any atom is -0.481 e. The van der Waals surface area contributed by atoms with Crippen LogP contribution in [0.4, 0.5) is 0 Å². The van der Waals surface area contributed by atoms with Gasteiger partial charge in [0.2, 0.25) is 0 Å². The van der Waals surface area contributed by atoms with Crippen LogP contribution in [-0.4, -0.2) is 46.9 Å². The molecule has 0 spiro atoms. The van der Waals surface area contributed by atoms with Gasteiger partial charge in [-0.05, 0) is 79.9 Å². The lowest BCUT2D eigenvalue weighted by atomic mass is 9.53. The Hall–Kier alpha value is -3.71. The Kier molecular flexibility index (Phi) is 7.93. The molecule has 2 N–H and O–H groups in total. The zero-order valence-electron chi connectivity index (χ0n) is 23.8. The molecule has 41 heavy (non-hydrogen) atoms. The smallest absolute Gasteiger partial charge is 0.338 e. The van der Waals surface area contributed by atoms with Crippen molar-refractivity contribution in [1.82, 2.24) is 0 Å². The molecule has 0 aromatic heterocycles. The summed E-state index contributed by atoms with van der Waals surface area (Å²) in [6.45, 7) is 6.00. The quantitative estimate of drug-likeness (QED) is 0.317. The normalized spacial score (nSPS) is 29.2. The molecule has 7 heteroatoms. The summed E-state index contributed by atoms with van der Waals surface area (Å²) in [6.07, 6.45) is 2.38. The van der Waals surface area contributed by atoms with E-state index in [2.05, 4.69) is 13.8 Å². The molecule has 2 aromatic carbocycles. The Morgan fingerprint density at radius 2 is 1.54 bits per heavy atom. The second-order valence-corrected chi connectivity index (χ2v) is 12.2. The van der Waals surface area contributed by atoms with Crippen LogP contribution in [0.15, 0.2) is 83.5 Å². The van der Waals surface area contributed by atoms with E-state index >= 15 is 0 Å². The number of esters is 2. The van der Waals surface area contributed by atoms with Crippen LogP contribution in [-0.2, 0) is 14.3 Å². The minimum atomic E-state index is -0.984. The van der Waals surface area contributed by atoms with Gasteiger partial charge in [-0.1, -0.05) is 62.7 Å². The van der Waals surface area contributed by atoms with Crippen molar-refractivity contribution in [2.75, 3.05) is 6.61 Å². The predicted molar refractivity (Wildman–Crippen MR) is 153 cm³/mol.